The maximum Gasteiger partial charge on any atom is 0.160 e. The molecule has 0 aliphatic rings. The van der Waals surface area contributed by atoms with Crippen LogP contribution in [0.5, 0.6) is 0 Å². The van der Waals surface area contributed by atoms with Crippen LogP contribution >= 0.6 is 15.9 Å². The molecule has 0 atom stereocenters. The normalized spacial score (nSPS) is 10.8. The lowest BCUT2D eigenvalue weighted by Gasteiger charge is -2.04. The summed E-state index contributed by atoms with van der Waals surface area (Å²) in [4.78, 5) is 0. The number of nitrogens with zero attached hydrogens (tertiary/aromatic N) is 2. The third kappa shape index (κ3) is 2.36. The zero-order valence-electron chi connectivity index (χ0n) is 10.1. The van der Waals surface area contributed by atoms with Gasteiger partial charge in [0.15, 0.2) is 5.82 Å². The summed E-state index contributed by atoms with van der Waals surface area (Å²) in [6.07, 6.45) is 2.29. The van der Waals surface area contributed by atoms with E-state index in [0.29, 0.717) is 5.82 Å². The fraction of sp³-hybridized carbons (Fsp3) is 0.308. The molecule has 0 saturated carbocycles. The molecule has 0 unspecified atom stereocenters. The first-order valence-electron chi connectivity index (χ1n) is 5.70. The van der Waals surface area contributed by atoms with Gasteiger partial charge in [-0.2, -0.15) is 5.10 Å². The number of halogens is 1. The predicted molar refractivity (Wildman–Crippen MR) is 74.8 cm³/mol. The number of aromatic nitrogens is 2. The van der Waals surface area contributed by atoms with Gasteiger partial charge < -0.3 is 5.73 Å². The molecule has 90 valence electrons. The Morgan fingerprint density at radius 2 is 1.94 bits per heavy atom. The summed E-state index contributed by atoms with van der Waals surface area (Å²) in [5.74, 6) is 0.528. The predicted octanol–water partition coefficient (Wildman–Crippen LogP) is 3.38. The molecule has 0 radical (unpaired) electrons. The van der Waals surface area contributed by atoms with Crippen molar-refractivity contribution in [2.75, 3.05) is 5.73 Å². The highest BCUT2D eigenvalue weighted by Crippen LogP contribution is 2.32. The van der Waals surface area contributed by atoms with Crippen molar-refractivity contribution in [2.45, 2.75) is 19.8 Å². The van der Waals surface area contributed by atoms with Gasteiger partial charge in [-0.25, -0.2) is 0 Å². The van der Waals surface area contributed by atoms with Gasteiger partial charge in [0.1, 0.15) is 0 Å². The Morgan fingerprint density at radius 1 is 1.29 bits per heavy atom. The molecule has 0 fully saturated rings. The quantitative estimate of drug-likeness (QED) is 0.943. The number of rotatable bonds is 3. The first kappa shape index (κ1) is 12.2. The van der Waals surface area contributed by atoms with Crippen LogP contribution in [0.3, 0.4) is 0 Å². The first-order valence-corrected chi connectivity index (χ1v) is 6.50. The number of aryl methyl sites for hydroxylation is 2. The molecule has 2 N–H and O–H groups in total. The minimum absolute atomic E-state index is 0.528. The standard InChI is InChI=1S/C13H16BrN3/c1-3-4-9-5-7-10(8-6-9)12-11(14)13(15)16-17(12)2/h5-8H,3-4H2,1-2H3,(H2,15,16). The van der Waals surface area contributed by atoms with E-state index in [1.165, 1.54) is 12.0 Å². The number of hydrogen-bond donors (Lipinski definition) is 1. The summed E-state index contributed by atoms with van der Waals surface area (Å²) in [5.41, 5.74) is 9.29. The fourth-order valence-corrected chi connectivity index (χ4v) is 2.52. The van der Waals surface area contributed by atoms with Crippen molar-refractivity contribution in [1.29, 1.82) is 0 Å². The Kier molecular flexibility index (Phi) is 3.52. The SMILES string of the molecule is CCCc1ccc(-c2c(Br)c(N)nn2C)cc1. The van der Waals surface area contributed by atoms with Crippen molar-refractivity contribution >= 4 is 21.7 Å². The Bertz CT molecular complexity index is 514. The summed E-state index contributed by atoms with van der Waals surface area (Å²) in [7, 11) is 1.90. The molecular formula is C13H16BrN3. The minimum atomic E-state index is 0.528. The Labute approximate surface area is 110 Å². The van der Waals surface area contributed by atoms with E-state index in [0.717, 1.165) is 22.2 Å². The highest BCUT2D eigenvalue weighted by molar-refractivity contribution is 9.10. The van der Waals surface area contributed by atoms with Crippen molar-refractivity contribution in [3.05, 3.63) is 34.3 Å². The van der Waals surface area contributed by atoms with E-state index in [-0.39, 0.29) is 0 Å². The van der Waals surface area contributed by atoms with Gasteiger partial charge in [-0.3, -0.25) is 4.68 Å². The average Bonchev–Trinajstić information content (AvgIpc) is 2.55. The third-order valence-electron chi connectivity index (χ3n) is 2.78. The van der Waals surface area contributed by atoms with Crippen LogP contribution in [0.25, 0.3) is 11.3 Å². The Hall–Kier alpha value is -1.29. The van der Waals surface area contributed by atoms with Crippen molar-refractivity contribution in [2.24, 2.45) is 7.05 Å². The van der Waals surface area contributed by atoms with Crippen molar-refractivity contribution in [1.82, 2.24) is 9.78 Å². The highest BCUT2D eigenvalue weighted by Gasteiger charge is 2.12. The zero-order valence-corrected chi connectivity index (χ0v) is 11.7. The number of benzene rings is 1. The average molecular weight is 294 g/mol. The summed E-state index contributed by atoms with van der Waals surface area (Å²) < 4.78 is 2.66. The van der Waals surface area contributed by atoms with Crippen LogP contribution in [0.1, 0.15) is 18.9 Å². The summed E-state index contributed by atoms with van der Waals surface area (Å²) >= 11 is 3.48. The summed E-state index contributed by atoms with van der Waals surface area (Å²) in [6, 6.07) is 8.56. The number of nitrogen functional groups attached to an aromatic ring is 1. The van der Waals surface area contributed by atoms with Gasteiger partial charge in [0, 0.05) is 12.6 Å². The Morgan fingerprint density at radius 3 is 2.41 bits per heavy atom. The van der Waals surface area contributed by atoms with E-state index in [2.05, 4.69) is 52.2 Å². The van der Waals surface area contributed by atoms with E-state index in [1.54, 1.807) is 4.68 Å². The molecule has 3 nitrogen and oxygen atoms in total. The molecule has 0 amide bonds. The van der Waals surface area contributed by atoms with Gasteiger partial charge in [0.25, 0.3) is 0 Å². The van der Waals surface area contributed by atoms with Crippen molar-refractivity contribution in [3.63, 3.8) is 0 Å². The van der Waals surface area contributed by atoms with Crippen LogP contribution in [0.15, 0.2) is 28.7 Å². The lowest BCUT2D eigenvalue weighted by molar-refractivity contribution is 0.780. The summed E-state index contributed by atoms with van der Waals surface area (Å²) in [6.45, 7) is 2.19. The van der Waals surface area contributed by atoms with Gasteiger partial charge in [-0.1, -0.05) is 37.6 Å². The molecule has 4 heteroatoms. The molecule has 0 aliphatic carbocycles. The largest absolute Gasteiger partial charge is 0.381 e. The minimum Gasteiger partial charge on any atom is -0.381 e. The topological polar surface area (TPSA) is 43.8 Å². The van der Waals surface area contributed by atoms with Crippen molar-refractivity contribution in [3.8, 4) is 11.3 Å². The van der Waals surface area contributed by atoms with Crippen LogP contribution in [-0.2, 0) is 13.5 Å². The van der Waals surface area contributed by atoms with E-state index < -0.39 is 0 Å². The second kappa shape index (κ2) is 4.92. The number of hydrogen-bond acceptors (Lipinski definition) is 2. The second-order valence-corrected chi connectivity index (χ2v) is 4.91. The highest BCUT2D eigenvalue weighted by atomic mass is 79.9. The molecule has 2 rings (SSSR count). The summed E-state index contributed by atoms with van der Waals surface area (Å²) in [5, 5.41) is 4.19. The van der Waals surface area contributed by atoms with Crippen molar-refractivity contribution < 1.29 is 0 Å². The van der Waals surface area contributed by atoms with Gasteiger partial charge in [0.2, 0.25) is 0 Å². The third-order valence-corrected chi connectivity index (χ3v) is 3.56. The second-order valence-electron chi connectivity index (χ2n) is 4.12. The Balaban J connectivity index is 2.39. The molecule has 0 bridgehead atoms. The van der Waals surface area contributed by atoms with Crippen LogP contribution in [0.2, 0.25) is 0 Å². The number of nitrogens with two attached hydrogens (primary N) is 1. The van der Waals surface area contributed by atoms with Gasteiger partial charge in [0.05, 0.1) is 10.2 Å². The van der Waals surface area contributed by atoms with Gasteiger partial charge >= 0.3 is 0 Å². The van der Waals surface area contributed by atoms with E-state index >= 15 is 0 Å². The molecule has 0 aliphatic heterocycles. The maximum atomic E-state index is 5.78. The number of anilines is 1. The smallest absolute Gasteiger partial charge is 0.160 e. The molecule has 17 heavy (non-hydrogen) atoms. The molecule has 1 heterocycles. The lowest BCUT2D eigenvalue weighted by Crippen LogP contribution is -1.94. The first-order chi connectivity index (χ1) is 8.13. The zero-order chi connectivity index (χ0) is 12.4. The molecule has 0 spiro atoms. The van der Waals surface area contributed by atoms with Gasteiger partial charge in [-0.15, -0.1) is 0 Å². The monoisotopic (exact) mass is 293 g/mol. The van der Waals surface area contributed by atoms with E-state index in [9.17, 15) is 0 Å². The van der Waals surface area contributed by atoms with E-state index in [4.69, 9.17) is 5.73 Å². The molecule has 2 aromatic rings. The van der Waals surface area contributed by atoms with Crippen LogP contribution < -0.4 is 5.73 Å². The lowest BCUT2D eigenvalue weighted by atomic mass is 10.1. The molecule has 0 saturated heterocycles. The van der Waals surface area contributed by atoms with Crippen LogP contribution in [0, 0.1) is 0 Å². The fourth-order valence-electron chi connectivity index (χ4n) is 1.95. The van der Waals surface area contributed by atoms with E-state index in [1.807, 2.05) is 7.05 Å². The van der Waals surface area contributed by atoms with Gasteiger partial charge in [-0.05, 0) is 27.9 Å². The van der Waals surface area contributed by atoms with Crippen LogP contribution in [-0.4, -0.2) is 9.78 Å². The molecular weight excluding hydrogens is 278 g/mol. The van der Waals surface area contributed by atoms with Crippen LogP contribution in [0.4, 0.5) is 5.82 Å². The maximum absolute atomic E-state index is 5.78. The molecule has 1 aromatic heterocycles. The molecule has 1 aromatic carbocycles.